The van der Waals surface area contributed by atoms with Crippen molar-refractivity contribution in [3.8, 4) is 28.2 Å². The highest BCUT2D eigenvalue weighted by molar-refractivity contribution is 6.13. The minimum absolute atomic E-state index is 0.553. The Hall–Kier alpha value is -7.86. The Balaban J connectivity index is 1.11. The van der Waals surface area contributed by atoms with Gasteiger partial charge in [-0.1, -0.05) is 121 Å². The lowest BCUT2D eigenvalue weighted by molar-refractivity contribution is 1.15. The van der Waals surface area contributed by atoms with Gasteiger partial charge in [-0.2, -0.15) is 0 Å². The van der Waals surface area contributed by atoms with Crippen molar-refractivity contribution in [2.75, 3.05) is 0 Å². The third-order valence-corrected chi connectivity index (χ3v) is 11.1. The molecule has 5 heteroatoms. The maximum absolute atomic E-state index is 8.24. The third kappa shape index (κ3) is 4.45. The molecule has 5 nitrogen and oxygen atoms in total. The van der Waals surface area contributed by atoms with Crippen molar-refractivity contribution in [2.45, 2.75) is 0 Å². The monoisotopic (exact) mass is 699 g/mol. The molecule has 0 saturated heterocycles. The molecule has 8 aromatic carbocycles. The molecule has 0 bridgehead atoms. The SMILES string of the molecule is [C-]#[N+]c1ccc2c3ccccc3n(-c3c([N+]#[C-])cccc3-c3ccc(-n4c5ccccc5c5ccc(-n6c7ccccc7c7ccccc76)cc54)cc3)c2c1. The van der Waals surface area contributed by atoms with Crippen LogP contribution in [0.25, 0.3) is 103 Å². The normalized spacial score (nSPS) is 11.6. The summed E-state index contributed by atoms with van der Waals surface area (Å²) in [6.45, 7) is 16.0. The van der Waals surface area contributed by atoms with Crippen LogP contribution < -0.4 is 0 Å². The maximum Gasteiger partial charge on any atom is 0.211 e. The number of nitrogens with zero attached hydrogens (tertiary/aromatic N) is 5. The molecule has 55 heavy (non-hydrogen) atoms. The predicted molar refractivity (Wildman–Crippen MR) is 227 cm³/mol. The van der Waals surface area contributed by atoms with Crippen LogP contribution in [-0.2, 0) is 0 Å². The van der Waals surface area contributed by atoms with Crippen LogP contribution in [0.1, 0.15) is 0 Å². The molecular weight excluding hydrogens is 671 g/mol. The van der Waals surface area contributed by atoms with E-state index in [4.69, 9.17) is 13.1 Å². The highest BCUT2D eigenvalue weighted by Gasteiger charge is 2.20. The summed E-state index contributed by atoms with van der Waals surface area (Å²) in [5.74, 6) is 0. The molecule has 0 aliphatic heterocycles. The summed E-state index contributed by atoms with van der Waals surface area (Å²) >= 11 is 0. The molecule has 0 spiro atoms. The Morgan fingerprint density at radius 2 is 0.818 bits per heavy atom. The van der Waals surface area contributed by atoms with E-state index in [-0.39, 0.29) is 0 Å². The second-order valence-corrected chi connectivity index (χ2v) is 13.9. The predicted octanol–water partition coefficient (Wildman–Crippen LogP) is 13.7. The minimum atomic E-state index is 0.553. The van der Waals surface area contributed by atoms with Gasteiger partial charge in [0, 0.05) is 49.2 Å². The Morgan fingerprint density at radius 1 is 0.345 bits per heavy atom. The van der Waals surface area contributed by atoms with E-state index in [1.807, 2.05) is 42.5 Å². The Kier molecular flexibility index (Phi) is 6.61. The van der Waals surface area contributed by atoms with Crippen molar-refractivity contribution in [2.24, 2.45) is 0 Å². The van der Waals surface area contributed by atoms with Gasteiger partial charge < -0.3 is 13.7 Å². The average molecular weight is 700 g/mol. The summed E-state index contributed by atoms with van der Waals surface area (Å²) in [7, 11) is 0. The number of para-hydroxylation sites is 5. The number of hydrogen-bond acceptors (Lipinski definition) is 0. The lowest BCUT2D eigenvalue weighted by Gasteiger charge is -2.17. The first-order valence-electron chi connectivity index (χ1n) is 18.3. The van der Waals surface area contributed by atoms with Crippen molar-refractivity contribution in [1.82, 2.24) is 13.7 Å². The van der Waals surface area contributed by atoms with Gasteiger partial charge in [0.1, 0.15) is 0 Å². The van der Waals surface area contributed by atoms with E-state index in [1.165, 1.54) is 32.6 Å². The van der Waals surface area contributed by atoms with Crippen LogP contribution in [0.4, 0.5) is 11.4 Å². The topological polar surface area (TPSA) is 23.5 Å². The molecule has 11 aromatic rings. The zero-order chi connectivity index (χ0) is 36.6. The van der Waals surface area contributed by atoms with Crippen LogP contribution in [0, 0.1) is 13.1 Å². The largest absolute Gasteiger partial charge is 0.320 e. The van der Waals surface area contributed by atoms with Crippen molar-refractivity contribution in [1.29, 1.82) is 0 Å². The highest BCUT2D eigenvalue weighted by Crippen LogP contribution is 2.43. The molecule has 11 rings (SSSR count). The molecular formula is C50H29N5. The number of aromatic nitrogens is 3. The fourth-order valence-corrected chi connectivity index (χ4v) is 8.73. The molecule has 0 saturated carbocycles. The highest BCUT2D eigenvalue weighted by atomic mass is 15.0. The second-order valence-electron chi connectivity index (χ2n) is 13.9. The molecule has 254 valence electrons. The summed E-state index contributed by atoms with van der Waals surface area (Å²) in [6.07, 6.45) is 0. The van der Waals surface area contributed by atoms with Gasteiger partial charge in [-0.25, -0.2) is 9.69 Å². The quantitative estimate of drug-likeness (QED) is 0.163. The van der Waals surface area contributed by atoms with Gasteiger partial charge in [-0.15, -0.1) is 0 Å². The van der Waals surface area contributed by atoms with Crippen LogP contribution in [0.3, 0.4) is 0 Å². The van der Waals surface area contributed by atoms with E-state index in [0.717, 1.165) is 61.0 Å². The third-order valence-electron chi connectivity index (χ3n) is 11.1. The number of rotatable bonds is 4. The van der Waals surface area contributed by atoms with Gasteiger partial charge in [0.05, 0.1) is 46.4 Å². The molecule has 0 N–H and O–H groups in total. The van der Waals surface area contributed by atoms with Gasteiger partial charge in [0.2, 0.25) is 5.69 Å². The first-order valence-corrected chi connectivity index (χ1v) is 18.3. The van der Waals surface area contributed by atoms with Crippen molar-refractivity contribution in [3.05, 3.63) is 199 Å². The van der Waals surface area contributed by atoms with Crippen LogP contribution in [0.5, 0.6) is 0 Å². The Bertz CT molecular complexity index is 3400. The van der Waals surface area contributed by atoms with E-state index in [2.05, 4.69) is 157 Å². The molecule has 3 aromatic heterocycles. The second kappa shape index (κ2) is 11.8. The van der Waals surface area contributed by atoms with Crippen LogP contribution in [0.15, 0.2) is 176 Å². The van der Waals surface area contributed by atoms with Gasteiger partial charge in [0.25, 0.3) is 0 Å². The summed E-state index contributed by atoms with van der Waals surface area (Å²) in [5, 5.41) is 7.01. The molecule has 0 aliphatic carbocycles. The van der Waals surface area contributed by atoms with Gasteiger partial charge in [-0.3, -0.25) is 0 Å². The van der Waals surface area contributed by atoms with Crippen LogP contribution in [0.2, 0.25) is 0 Å². The van der Waals surface area contributed by atoms with E-state index in [0.29, 0.717) is 11.4 Å². The summed E-state index contributed by atoms with van der Waals surface area (Å²) in [5.41, 5.74) is 12.6. The Labute approximate surface area is 316 Å². The Morgan fingerprint density at radius 3 is 1.38 bits per heavy atom. The van der Waals surface area contributed by atoms with Crippen LogP contribution in [-0.4, -0.2) is 13.7 Å². The lowest BCUT2D eigenvalue weighted by atomic mass is 10.0. The first kappa shape index (κ1) is 30.7. The van der Waals surface area contributed by atoms with Gasteiger partial charge in [-0.05, 0) is 65.7 Å². The molecule has 0 radical (unpaired) electrons. The number of hydrogen-bond donors (Lipinski definition) is 0. The fraction of sp³-hybridized carbons (Fsp3) is 0. The molecule has 0 atom stereocenters. The van der Waals surface area contributed by atoms with Crippen molar-refractivity contribution < 1.29 is 0 Å². The number of fused-ring (bicyclic) bond motifs is 9. The molecule has 0 fully saturated rings. The summed E-state index contributed by atoms with van der Waals surface area (Å²) in [4.78, 5) is 7.77. The fourth-order valence-electron chi connectivity index (χ4n) is 8.73. The van der Waals surface area contributed by atoms with E-state index in [9.17, 15) is 0 Å². The van der Waals surface area contributed by atoms with Crippen LogP contribution >= 0.6 is 0 Å². The summed E-state index contributed by atoms with van der Waals surface area (Å²) in [6, 6.07) is 61.4. The molecule has 0 amide bonds. The minimum Gasteiger partial charge on any atom is -0.320 e. The zero-order valence-corrected chi connectivity index (χ0v) is 29.5. The van der Waals surface area contributed by atoms with Gasteiger partial charge in [0.15, 0.2) is 5.69 Å². The summed E-state index contributed by atoms with van der Waals surface area (Å²) < 4.78 is 6.90. The molecule has 0 unspecified atom stereocenters. The maximum atomic E-state index is 8.24. The van der Waals surface area contributed by atoms with Crippen molar-refractivity contribution >= 4 is 76.8 Å². The molecule has 3 heterocycles. The zero-order valence-electron chi connectivity index (χ0n) is 29.5. The van der Waals surface area contributed by atoms with E-state index in [1.54, 1.807) is 0 Å². The lowest BCUT2D eigenvalue weighted by Crippen LogP contribution is -1.99. The van der Waals surface area contributed by atoms with Crippen molar-refractivity contribution in [3.63, 3.8) is 0 Å². The smallest absolute Gasteiger partial charge is 0.211 e. The molecule has 0 aliphatic rings. The van der Waals surface area contributed by atoms with E-state index < -0.39 is 0 Å². The first-order chi connectivity index (χ1) is 27.2. The standard InChI is InChI=1S/C50H29N5/c1-51-33-24-28-41-40-15-6-10-21-47(40)55(48(41)30-33)50-36(16-11-17-43(50)52-2)32-22-25-34(26-23-32)53-44-18-7-5-14-39(44)42-29-27-35(31-49(42)53)54-45-19-8-3-12-37(45)38-13-4-9-20-46(38)54/h3-31H. The number of benzene rings is 8. The van der Waals surface area contributed by atoms with E-state index >= 15 is 0 Å². The average Bonchev–Trinajstić information content (AvgIpc) is 3.88. The van der Waals surface area contributed by atoms with Gasteiger partial charge >= 0.3 is 0 Å².